The summed E-state index contributed by atoms with van der Waals surface area (Å²) in [5.74, 6) is 1.81. The second-order valence-corrected chi connectivity index (χ2v) is 13.0. The maximum absolute atomic E-state index is 11.7. The zero-order chi connectivity index (χ0) is 34.1. The van der Waals surface area contributed by atoms with Crippen LogP contribution in [0.25, 0.3) is 21.5 Å². The Morgan fingerprint density at radius 2 is 0.729 bits per heavy atom. The van der Waals surface area contributed by atoms with Crippen molar-refractivity contribution in [1.82, 2.24) is 0 Å². The third kappa shape index (κ3) is 14.9. The maximum atomic E-state index is 11.7. The molecule has 3 rings (SSSR count). The van der Waals surface area contributed by atoms with Gasteiger partial charge < -0.3 is 18.9 Å². The van der Waals surface area contributed by atoms with Crippen molar-refractivity contribution in [1.29, 1.82) is 0 Å². The molecule has 0 radical (unpaired) electrons. The van der Waals surface area contributed by atoms with Crippen LogP contribution in [0.2, 0.25) is 0 Å². The monoisotopic (exact) mass is 662 g/mol. The molecular weight excluding hydrogens is 600 g/mol. The van der Waals surface area contributed by atoms with Crippen LogP contribution in [0.5, 0.6) is 11.5 Å². The molecule has 6 heteroatoms. The number of benzene rings is 3. The number of hydrogen-bond acceptors (Lipinski definition) is 6. The van der Waals surface area contributed by atoms with Crippen LogP contribution in [0.4, 0.5) is 0 Å². The fraction of sp³-hybridized carbons (Fsp3) is 0.619. The Labute approximate surface area is 290 Å². The SMILES string of the molecule is CCCCOC(=O)CCCCCCCCCOc1c2ccccc2c(OCCCCCCCCCC(=O)OCCCC)c2ccccc12. The van der Waals surface area contributed by atoms with Crippen molar-refractivity contribution in [2.75, 3.05) is 26.4 Å². The minimum Gasteiger partial charge on any atom is -0.492 e. The summed E-state index contributed by atoms with van der Waals surface area (Å²) in [4.78, 5) is 23.4. The molecule has 0 unspecified atom stereocenters. The van der Waals surface area contributed by atoms with Gasteiger partial charge in [-0.2, -0.15) is 0 Å². The topological polar surface area (TPSA) is 71.1 Å². The average molecular weight is 663 g/mol. The van der Waals surface area contributed by atoms with Crippen LogP contribution >= 0.6 is 0 Å². The lowest BCUT2D eigenvalue weighted by Gasteiger charge is -2.18. The van der Waals surface area contributed by atoms with Crippen LogP contribution in [-0.2, 0) is 19.1 Å². The van der Waals surface area contributed by atoms with E-state index in [1.807, 2.05) is 0 Å². The highest BCUT2D eigenvalue weighted by Crippen LogP contribution is 2.42. The molecule has 3 aromatic carbocycles. The minimum atomic E-state index is -0.0473. The number of unbranched alkanes of at least 4 members (excludes halogenated alkanes) is 14. The maximum Gasteiger partial charge on any atom is 0.305 e. The number of ether oxygens (including phenoxy) is 4. The smallest absolute Gasteiger partial charge is 0.305 e. The van der Waals surface area contributed by atoms with Crippen LogP contribution in [0, 0.1) is 0 Å². The van der Waals surface area contributed by atoms with E-state index >= 15 is 0 Å². The molecule has 0 heterocycles. The van der Waals surface area contributed by atoms with E-state index in [-0.39, 0.29) is 11.9 Å². The Morgan fingerprint density at radius 3 is 1.06 bits per heavy atom. The van der Waals surface area contributed by atoms with Gasteiger partial charge in [0.15, 0.2) is 0 Å². The van der Waals surface area contributed by atoms with Crippen molar-refractivity contribution >= 4 is 33.5 Å². The van der Waals surface area contributed by atoms with Crippen LogP contribution in [0.15, 0.2) is 48.5 Å². The zero-order valence-corrected chi connectivity index (χ0v) is 30.0. The highest BCUT2D eigenvalue weighted by Gasteiger charge is 2.16. The van der Waals surface area contributed by atoms with Crippen molar-refractivity contribution < 1.29 is 28.5 Å². The molecule has 0 spiro atoms. The highest BCUT2D eigenvalue weighted by molar-refractivity contribution is 6.11. The Balaban J connectivity index is 1.37. The van der Waals surface area contributed by atoms with Crippen molar-refractivity contribution in [2.24, 2.45) is 0 Å². The zero-order valence-electron chi connectivity index (χ0n) is 30.0. The molecule has 48 heavy (non-hydrogen) atoms. The normalized spacial score (nSPS) is 11.2. The second-order valence-electron chi connectivity index (χ2n) is 13.0. The summed E-state index contributed by atoms with van der Waals surface area (Å²) >= 11 is 0. The lowest BCUT2D eigenvalue weighted by molar-refractivity contribution is -0.144. The van der Waals surface area contributed by atoms with E-state index in [0.29, 0.717) is 39.3 Å². The average Bonchev–Trinajstić information content (AvgIpc) is 3.10. The van der Waals surface area contributed by atoms with Gasteiger partial charge in [-0.05, 0) is 38.5 Å². The second kappa shape index (κ2) is 24.8. The number of fused-ring (bicyclic) bond motifs is 2. The van der Waals surface area contributed by atoms with E-state index in [9.17, 15) is 9.59 Å². The molecular formula is C42H62O6. The Kier molecular flexibility index (Phi) is 20.2. The van der Waals surface area contributed by atoms with Gasteiger partial charge in [-0.3, -0.25) is 9.59 Å². The summed E-state index contributed by atoms with van der Waals surface area (Å²) in [6, 6.07) is 16.9. The van der Waals surface area contributed by atoms with Crippen LogP contribution < -0.4 is 9.47 Å². The summed E-state index contributed by atoms with van der Waals surface area (Å²) in [5.41, 5.74) is 0. The fourth-order valence-electron chi connectivity index (χ4n) is 6.02. The summed E-state index contributed by atoms with van der Waals surface area (Å²) in [6.07, 6.45) is 20.6. The molecule has 0 aromatic heterocycles. The van der Waals surface area contributed by atoms with Gasteiger partial charge in [-0.25, -0.2) is 0 Å². The Hall–Kier alpha value is -3.28. The predicted octanol–water partition coefficient (Wildman–Crippen LogP) is 11.7. The molecule has 266 valence electrons. The molecule has 0 aliphatic carbocycles. The standard InChI is InChI=1S/C42H62O6/c1-3-5-31-45-39(43)29-17-13-9-7-11-15-23-33-47-41-35-25-19-21-27-37(35)42(38-28-22-20-26-36(38)41)48-34-24-16-12-8-10-14-18-30-40(44)46-32-6-4-2/h19-22,25-28H,3-18,23-24,29-34H2,1-2H3. The lowest BCUT2D eigenvalue weighted by atomic mass is 10.0. The first kappa shape index (κ1) is 39.2. The molecule has 0 amide bonds. The van der Waals surface area contributed by atoms with Crippen LogP contribution in [-0.4, -0.2) is 38.4 Å². The molecule has 0 N–H and O–H groups in total. The number of carbonyl (C=O) groups excluding carboxylic acids is 2. The van der Waals surface area contributed by atoms with Gasteiger partial charge in [0.05, 0.1) is 26.4 Å². The molecule has 6 nitrogen and oxygen atoms in total. The third-order valence-electron chi connectivity index (χ3n) is 8.90. The predicted molar refractivity (Wildman–Crippen MR) is 198 cm³/mol. The van der Waals surface area contributed by atoms with E-state index in [0.717, 1.165) is 110 Å². The molecule has 0 fully saturated rings. The van der Waals surface area contributed by atoms with Crippen molar-refractivity contribution in [3.05, 3.63) is 48.5 Å². The number of carbonyl (C=O) groups is 2. The highest BCUT2D eigenvalue weighted by atomic mass is 16.5. The quantitative estimate of drug-likeness (QED) is 0.0438. The molecule has 3 aromatic rings. The summed E-state index contributed by atoms with van der Waals surface area (Å²) in [5, 5.41) is 4.42. The van der Waals surface area contributed by atoms with E-state index in [4.69, 9.17) is 18.9 Å². The van der Waals surface area contributed by atoms with Crippen molar-refractivity contribution in [3.8, 4) is 11.5 Å². The molecule has 0 saturated carbocycles. The largest absolute Gasteiger partial charge is 0.492 e. The van der Waals surface area contributed by atoms with Gasteiger partial charge >= 0.3 is 11.9 Å². The molecule has 0 atom stereocenters. The van der Waals surface area contributed by atoms with Crippen LogP contribution in [0.1, 0.15) is 142 Å². The molecule has 0 aliphatic rings. The first-order valence-corrected chi connectivity index (χ1v) is 19.2. The van der Waals surface area contributed by atoms with Gasteiger partial charge in [-0.15, -0.1) is 0 Å². The van der Waals surface area contributed by atoms with Crippen molar-refractivity contribution in [2.45, 2.75) is 142 Å². The lowest BCUT2D eigenvalue weighted by Crippen LogP contribution is -2.05. The number of rotatable bonds is 28. The van der Waals surface area contributed by atoms with E-state index in [2.05, 4.69) is 62.4 Å². The van der Waals surface area contributed by atoms with Crippen molar-refractivity contribution in [3.63, 3.8) is 0 Å². The van der Waals surface area contributed by atoms with Gasteiger partial charge in [0.2, 0.25) is 0 Å². The first-order chi connectivity index (χ1) is 23.7. The van der Waals surface area contributed by atoms with E-state index in [1.165, 1.54) is 38.5 Å². The number of esters is 2. The fourth-order valence-corrected chi connectivity index (χ4v) is 6.02. The Bertz CT molecular complexity index is 1160. The minimum absolute atomic E-state index is 0.0473. The molecule has 0 bridgehead atoms. The number of hydrogen-bond donors (Lipinski definition) is 0. The molecule has 0 saturated heterocycles. The van der Waals surface area contributed by atoms with E-state index < -0.39 is 0 Å². The first-order valence-electron chi connectivity index (χ1n) is 19.2. The third-order valence-corrected chi connectivity index (χ3v) is 8.90. The summed E-state index contributed by atoms with van der Waals surface area (Å²) < 4.78 is 23.5. The van der Waals surface area contributed by atoms with Gasteiger partial charge in [0.1, 0.15) is 11.5 Å². The van der Waals surface area contributed by atoms with E-state index in [1.54, 1.807) is 0 Å². The van der Waals surface area contributed by atoms with Gasteiger partial charge in [0, 0.05) is 34.4 Å². The van der Waals surface area contributed by atoms with Gasteiger partial charge in [-0.1, -0.05) is 139 Å². The van der Waals surface area contributed by atoms with Crippen LogP contribution in [0.3, 0.4) is 0 Å². The summed E-state index contributed by atoms with van der Waals surface area (Å²) in [6.45, 7) is 6.72. The van der Waals surface area contributed by atoms with Gasteiger partial charge in [0.25, 0.3) is 0 Å². The summed E-state index contributed by atoms with van der Waals surface area (Å²) in [7, 11) is 0. The molecule has 0 aliphatic heterocycles. The Morgan fingerprint density at radius 1 is 0.417 bits per heavy atom.